The van der Waals surface area contributed by atoms with Crippen LogP contribution in [0.5, 0.6) is 0 Å². The average molecular weight is 192 g/mol. The Balaban J connectivity index is 2.41. The molecule has 0 spiro atoms. The van der Waals surface area contributed by atoms with Crippen molar-refractivity contribution in [1.29, 1.82) is 0 Å². The summed E-state index contributed by atoms with van der Waals surface area (Å²) >= 11 is 0. The zero-order valence-electron chi connectivity index (χ0n) is 8.55. The minimum absolute atomic E-state index is 0.252. The lowest BCUT2D eigenvalue weighted by atomic mass is 9.81. The van der Waals surface area contributed by atoms with E-state index in [0.717, 1.165) is 36.8 Å². The van der Waals surface area contributed by atoms with Crippen LogP contribution in [0, 0.1) is 5.92 Å². The second-order valence-corrected chi connectivity index (χ2v) is 4.27. The van der Waals surface area contributed by atoms with Gasteiger partial charge in [-0.05, 0) is 49.3 Å². The number of hydrogen-bond donors (Lipinski definition) is 1. The van der Waals surface area contributed by atoms with Crippen LogP contribution in [0.4, 0.5) is 0 Å². The van der Waals surface area contributed by atoms with Crippen LogP contribution < -0.4 is 0 Å². The van der Waals surface area contributed by atoms with Crippen molar-refractivity contribution in [2.75, 3.05) is 0 Å². The number of carbonyl (C=O) groups excluding carboxylic acids is 1. The third-order valence-corrected chi connectivity index (χ3v) is 3.32. The lowest BCUT2D eigenvalue weighted by molar-refractivity contribution is -0.116. The maximum absolute atomic E-state index is 11.5. The van der Waals surface area contributed by atoms with Crippen LogP contribution in [-0.4, -0.2) is 10.9 Å². The quantitative estimate of drug-likeness (QED) is 0.640. The van der Waals surface area contributed by atoms with Gasteiger partial charge >= 0.3 is 0 Å². The molecule has 1 atom stereocenters. The summed E-state index contributed by atoms with van der Waals surface area (Å²) in [6, 6.07) is 0. The van der Waals surface area contributed by atoms with Crippen LogP contribution >= 0.6 is 0 Å². The molecule has 0 heterocycles. The maximum Gasteiger partial charge on any atom is 0.158 e. The molecule has 2 rings (SSSR count). The minimum atomic E-state index is 0.252. The number of aliphatic hydroxyl groups is 1. The average Bonchev–Trinajstić information content (AvgIpc) is 2.34. The van der Waals surface area contributed by atoms with Gasteiger partial charge in [-0.3, -0.25) is 4.79 Å². The molecule has 1 N–H and O–H groups in total. The molecule has 2 heteroatoms. The highest BCUT2D eigenvalue weighted by molar-refractivity contribution is 5.97. The molecule has 76 valence electrons. The zero-order chi connectivity index (χ0) is 10.1. The number of Topliss-reactive ketones (excluding diaryl/α,β-unsaturated/α-hetero) is 1. The van der Waals surface area contributed by atoms with Gasteiger partial charge in [0.1, 0.15) is 0 Å². The molecule has 0 aliphatic heterocycles. The van der Waals surface area contributed by atoms with E-state index in [-0.39, 0.29) is 5.78 Å². The first kappa shape index (κ1) is 9.50. The Bertz CT molecular complexity index is 323. The van der Waals surface area contributed by atoms with Gasteiger partial charge < -0.3 is 5.11 Å². The molecule has 0 saturated carbocycles. The van der Waals surface area contributed by atoms with Gasteiger partial charge in [0, 0.05) is 12.8 Å². The van der Waals surface area contributed by atoms with Gasteiger partial charge in [0.05, 0.1) is 5.76 Å². The third-order valence-electron chi connectivity index (χ3n) is 3.32. The first-order chi connectivity index (χ1) is 6.68. The van der Waals surface area contributed by atoms with Crippen LogP contribution in [0.15, 0.2) is 23.0 Å². The Morgan fingerprint density at radius 1 is 1.36 bits per heavy atom. The molecule has 0 radical (unpaired) electrons. The lowest BCUT2D eigenvalue weighted by Crippen LogP contribution is -2.16. The van der Waals surface area contributed by atoms with Crippen molar-refractivity contribution in [2.45, 2.75) is 39.0 Å². The SMILES string of the molecule is CC1=C2C=C(O)CCCC2CCC1=O. The number of rotatable bonds is 0. The highest BCUT2D eigenvalue weighted by Gasteiger charge is 2.26. The van der Waals surface area contributed by atoms with Crippen LogP contribution in [0.2, 0.25) is 0 Å². The van der Waals surface area contributed by atoms with Crippen molar-refractivity contribution >= 4 is 5.78 Å². The number of ketones is 1. The second-order valence-electron chi connectivity index (χ2n) is 4.27. The molecule has 0 bridgehead atoms. The molecule has 14 heavy (non-hydrogen) atoms. The zero-order valence-corrected chi connectivity index (χ0v) is 8.55. The fourth-order valence-corrected chi connectivity index (χ4v) is 2.42. The molecule has 1 unspecified atom stereocenters. The molecule has 0 aromatic carbocycles. The van der Waals surface area contributed by atoms with Gasteiger partial charge in [-0.25, -0.2) is 0 Å². The van der Waals surface area contributed by atoms with E-state index >= 15 is 0 Å². The number of fused-ring (bicyclic) bond motifs is 1. The van der Waals surface area contributed by atoms with Gasteiger partial charge in [-0.1, -0.05) is 0 Å². The smallest absolute Gasteiger partial charge is 0.158 e. The number of carbonyl (C=O) groups is 1. The monoisotopic (exact) mass is 192 g/mol. The third kappa shape index (κ3) is 1.61. The van der Waals surface area contributed by atoms with Crippen molar-refractivity contribution < 1.29 is 9.90 Å². The Hall–Kier alpha value is -1.05. The van der Waals surface area contributed by atoms with E-state index in [4.69, 9.17) is 0 Å². The Morgan fingerprint density at radius 2 is 2.14 bits per heavy atom. The van der Waals surface area contributed by atoms with Gasteiger partial charge in [-0.2, -0.15) is 0 Å². The summed E-state index contributed by atoms with van der Waals surface area (Å²) in [5, 5.41) is 9.55. The van der Waals surface area contributed by atoms with Crippen LogP contribution in [0.1, 0.15) is 39.0 Å². The summed E-state index contributed by atoms with van der Waals surface area (Å²) in [6.45, 7) is 1.89. The molecule has 0 aromatic heterocycles. The van der Waals surface area contributed by atoms with Crippen LogP contribution in [0.3, 0.4) is 0 Å². The topological polar surface area (TPSA) is 37.3 Å². The van der Waals surface area contributed by atoms with Gasteiger partial charge in [0.2, 0.25) is 0 Å². The van der Waals surface area contributed by atoms with Crippen molar-refractivity contribution in [2.24, 2.45) is 5.92 Å². The highest BCUT2D eigenvalue weighted by atomic mass is 16.3. The van der Waals surface area contributed by atoms with Gasteiger partial charge in [-0.15, -0.1) is 0 Å². The molecule has 0 amide bonds. The molecular formula is C12H16O2. The van der Waals surface area contributed by atoms with Gasteiger partial charge in [0.15, 0.2) is 5.78 Å². The molecular weight excluding hydrogens is 176 g/mol. The van der Waals surface area contributed by atoms with Crippen molar-refractivity contribution in [3.8, 4) is 0 Å². The Labute approximate surface area is 84.3 Å². The molecule has 2 aliphatic carbocycles. The largest absolute Gasteiger partial charge is 0.512 e. The molecule has 2 aliphatic rings. The van der Waals surface area contributed by atoms with E-state index in [0.29, 0.717) is 18.1 Å². The van der Waals surface area contributed by atoms with Crippen molar-refractivity contribution in [3.63, 3.8) is 0 Å². The normalized spacial score (nSPS) is 28.2. The first-order valence-electron chi connectivity index (χ1n) is 5.32. The van der Waals surface area contributed by atoms with E-state index < -0.39 is 0 Å². The number of hydrogen-bond acceptors (Lipinski definition) is 2. The summed E-state index contributed by atoms with van der Waals surface area (Å²) in [7, 11) is 0. The predicted molar refractivity (Wildman–Crippen MR) is 55.0 cm³/mol. The Morgan fingerprint density at radius 3 is 2.93 bits per heavy atom. The van der Waals surface area contributed by atoms with E-state index in [1.807, 2.05) is 13.0 Å². The predicted octanol–water partition coefficient (Wildman–Crippen LogP) is 2.91. The fourth-order valence-electron chi connectivity index (χ4n) is 2.42. The summed E-state index contributed by atoms with van der Waals surface area (Å²) in [5.41, 5.74) is 1.96. The van der Waals surface area contributed by atoms with E-state index in [1.54, 1.807) is 0 Å². The van der Waals surface area contributed by atoms with Crippen molar-refractivity contribution in [1.82, 2.24) is 0 Å². The maximum atomic E-state index is 11.5. The molecule has 0 fully saturated rings. The molecule has 2 nitrogen and oxygen atoms in total. The van der Waals surface area contributed by atoms with Crippen LogP contribution in [0.25, 0.3) is 0 Å². The summed E-state index contributed by atoms with van der Waals surface area (Å²) < 4.78 is 0. The summed E-state index contributed by atoms with van der Waals surface area (Å²) in [6.07, 6.45) is 6.40. The van der Waals surface area contributed by atoms with E-state index in [9.17, 15) is 9.90 Å². The minimum Gasteiger partial charge on any atom is -0.512 e. The number of aliphatic hydroxyl groups excluding tert-OH is 1. The first-order valence-corrected chi connectivity index (χ1v) is 5.32. The van der Waals surface area contributed by atoms with Crippen LogP contribution in [-0.2, 0) is 4.79 Å². The molecule has 0 aromatic rings. The van der Waals surface area contributed by atoms with Gasteiger partial charge in [0.25, 0.3) is 0 Å². The number of allylic oxidation sites excluding steroid dienone is 4. The summed E-state index contributed by atoms with van der Waals surface area (Å²) in [4.78, 5) is 11.5. The van der Waals surface area contributed by atoms with E-state index in [1.165, 1.54) is 0 Å². The fraction of sp³-hybridized carbons (Fsp3) is 0.583. The lowest BCUT2D eigenvalue weighted by Gasteiger charge is -2.23. The second kappa shape index (κ2) is 3.60. The summed E-state index contributed by atoms with van der Waals surface area (Å²) in [5.74, 6) is 1.20. The standard InChI is InChI=1S/C12H16O2/c1-8-11-7-10(13)4-2-3-9(11)5-6-12(8)14/h7,9,13H,2-6H2,1H3. The van der Waals surface area contributed by atoms with Crippen molar-refractivity contribution in [3.05, 3.63) is 23.0 Å². The van der Waals surface area contributed by atoms with E-state index in [2.05, 4.69) is 0 Å². The highest BCUT2D eigenvalue weighted by Crippen LogP contribution is 2.35. The Kier molecular flexibility index (Phi) is 2.44. The molecule has 0 saturated heterocycles.